The molecule has 2 heteroatoms. The third-order valence-corrected chi connectivity index (χ3v) is 3.97. The van der Waals surface area contributed by atoms with Crippen molar-refractivity contribution < 1.29 is 4.74 Å². The van der Waals surface area contributed by atoms with Crippen LogP contribution in [0.3, 0.4) is 0 Å². The minimum absolute atomic E-state index is 0.242. The molecular weight excluding hydrogens is 276 g/mol. The van der Waals surface area contributed by atoms with Gasteiger partial charge in [0.25, 0.3) is 0 Å². The first-order valence-electron chi connectivity index (χ1n) is 5.98. The maximum atomic E-state index is 5.62. The predicted molar refractivity (Wildman–Crippen MR) is 76.3 cm³/mol. The Morgan fingerprint density at radius 1 is 1.41 bits per heavy atom. The van der Waals surface area contributed by atoms with Crippen LogP contribution >= 0.6 is 15.9 Å². The molecule has 2 rings (SSSR count). The van der Waals surface area contributed by atoms with Gasteiger partial charge in [-0.15, -0.1) is 5.41 Å². The molecule has 0 aliphatic heterocycles. The van der Waals surface area contributed by atoms with Crippen molar-refractivity contribution in [1.29, 1.82) is 0 Å². The van der Waals surface area contributed by atoms with Crippen molar-refractivity contribution in [2.75, 3.05) is 7.11 Å². The lowest BCUT2D eigenvalue weighted by molar-refractivity contribution is 0.405. The van der Waals surface area contributed by atoms with E-state index < -0.39 is 0 Å². The van der Waals surface area contributed by atoms with Gasteiger partial charge >= 0.3 is 0 Å². The molecule has 0 aromatic heterocycles. The highest BCUT2D eigenvalue weighted by atomic mass is 79.9. The summed E-state index contributed by atoms with van der Waals surface area (Å²) in [6, 6.07) is 4.30. The van der Waals surface area contributed by atoms with E-state index in [0.29, 0.717) is 0 Å². The highest BCUT2D eigenvalue weighted by molar-refractivity contribution is 9.10. The number of ether oxygens (including phenoxy) is 1. The van der Waals surface area contributed by atoms with Gasteiger partial charge in [-0.2, -0.15) is 6.92 Å². The molecule has 1 aromatic carbocycles. The average molecular weight is 294 g/mol. The third kappa shape index (κ3) is 2.28. The summed E-state index contributed by atoms with van der Waals surface area (Å²) in [6.45, 7) is 4.17. The molecule has 0 bridgehead atoms. The van der Waals surface area contributed by atoms with Crippen LogP contribution in [0.25, 0.3) is 6.08 Å². The Morgan fingerprint density at radius 2 is 2.12 bits per heavy atom. The molecular formula is C15H18BrO-. The van der Waals surface area contributed by atoms with Crippen molar-refractivity contribution in [3.8, 4) is 5.75 Å². The van der Waals surface area contributed by atoms with Crippen LogP contribution in [0.4, 0.5) is 0 Å². The standard InChI is InChI=1S/C15H18BrO/c1-4-6-11-9-12(16)10-13(14(11)17-3)15(5-2)7-8-15/h4-6,9-10H,7-8H2,1-3H3/q-1/b6-4+. The first-order chi connectivity index (χ1) is 8.16. The van der Waals surface area contributed by atoms with E-state index in [-0.39, 0.29) is 5.41 Å². The zero-order chi connectivity index (χ0) is 12.5. The summed E-state index contributed by atoms with van der Waals surface area (Å²) in [6.07, 6.45) is 8.90. The summed E-state index contributed by atoms with van der Waals surface area (Å²) in [5, 5.41) is 0. The Bertz CT molecular complexity index is 444. The van der Waals surface area contributed by atoms with Gasteiger partial charge in [-0.1, -0.05) is 40.9 Å². The summed E-state index contributed by atoms with van der Waals surface area (Å²) in [7, 11) is 1.76. The smallest absolute Gasteiger partial charge is 0.127 e. The summed E-state index contributed by atoms with van der Waals surface area (Å²) < 4.78 is 6.74. The summed E-state index contributed by atoms with van der Waals surface area (Å²) >= 11 is 3.59. The van der Waals surface area contributed by atoms with Gasteiger partial charge in [-0.05, 0) is 24.6 Å². The summed E-state index contributed by atoms with van der Waals surface area (Å²) in [5.41, 5.74) is 2.70. The number of allylic oxidation sites excluding steroid dienone is 1. The molecule has 0 heterocycles. The molecule has 92 valence electrons. The average Bonchev–Trinajstić information content (AvgIpc) is 3.09. The van der Waals surface area contributed by atoms with Crippen molar-refractivity contribution in [1.82, 2.24) is 0 Å². The molecule has 17 heavy (non-hydrogen) atoms. The fourth-order valence-corrected chi connectivity index (χ4v) is 2.84. The van der Waals surface area contributed by atoms with Gasteiger partial charge in [0.05, 0.1) is 7.11 Å². The minimum atomic E-state index is 0.242. The van der Waals surface area contributed by atoms with E-state index >= 15 is 0 Å². The van der Waals surface area contributed by atoms with Crippen LogP contribution in [-0.2, 0) is 5.41 Å². The van der Waals surface area contributed by atoms with Crippen LogP contribution in [0.1, 0.15) is 37.8 Å². The molecule has 0 radical (unpaired) electrons. The van der Waals surface area contributed by atoms with E-state index in [4.69, 9.17) is 4.74 Å². The van der Waals surface area contributed by atoms with Gasteiger partial charge in [0, 0.05) is 10.0 Å². The number of halogens is 1. The molecule has 0 unspecified atom stereocenters. The summed E-state index contributed by atoms with van der Waals surface area (Å²) in [5.74, 6) is 1.02. The zero-order valence-corrected chi connectivity index (χ0v) is 12.2. The molecule has 0 amide bonds. The van der Waals surface area contributed by atoms with E-state index in [1.54, 1.807) is 7.11 Å². The molecule has 1 aliphatic carbocycles. The fourth-order valence-electron chi connectivity index (χ4n) is 2.36. The van der Waals surface area contributed by atoms with Gasteiger partial charge in [-0.25, -0.2) is 0 Å². The van der Waals surface area contributed by atoms with E-state index in [1.807, 2.05) is 13.0 Å². The Hall–Kier alpha value is -0.760. The lowest BCUT2D eigenvalue weighted by Gasteiger charge is -2.26. The lowest BCUT2D eigenvalue weighted by atomic mass is 9.90. The third-order valence-electron chi connectivity index (χ3n) is 3.51. The molecule has 1 saturated carbocycles. The van der Waals surface area contributed by atoms with Crippen LogP contribution in [0, 0.1) is 6.42 Å². The molecule has 0 N–H and O–H groups in total. The second kappa shape index (κ2) is 4.85. The Labute approximate surface area is 112 Å². The Balaban J connectivity index is 2.57. The van der Waals surface area contributed by atoms with Crippen LogP contribution in [-0.4, -0.2) is 7.11 Å². The molecule has 0 atom stereocenters. The van der Waals surface area contributed by atoms with E-state index in [9.17, 15) is 0 Å². The van der Waals surface area contributed by atoms with Crippen molar-refractivity contribution in [2.45, 2.75) is 32.1 Å². The highest BCUT2D eigenvalue weighted by Crippen LogP contribution is 2.54. The van der Waals surface area contributed by atoms with E-state index in [0.717, 1.165) is 15.8 Å². The van der Waals surface area contributed by atoms with Gasteiger partial charge in [0.2, 0.25) is 0 Å². The summed E-state index contributed by atoms with van der Waals surface area (Å²) in [4.78, 5) is 0. The van der Waals surface area contributed by atoms with Crippen LogP contribution in [0.15, 0.2) is 22.7 Å². The SMILES string of the molecule is C/C=C/c1cc(Br)cc(C2([CH-]C)CC2)c1OC. The van der Waals surface area contributed by atoms with Crippen molar-refractivity contribution in [2.24, 2.45) is 0 Å². The first-order valence-corrected chi connectivity index (χ1v) is 6.77. The second-order valence-corrected chi connectivity index (χ2v) is 5.44. The molecule has 0 saturated heterocycles. The molecule has 1 aromatic rings. The van der Waals surface area contributed by atoms with Gasteiger partial charge in [0.15, 0.2) is 0 Å². The second-order valence-electron chi connectivity index (χ2n) is 4.52. The zero-order valence-electron chi connectivity index (χ0n) is 10.6. The normalized spacial score (nSPS) is 17.4. The van der Waals surface area contributed by atoms with Crippen molar-refractivity contribution in [3.05, 3.63) is 40.2 Å². The minimum Gasteiger partial charge on any atom is -0.496 e. The van der Waals surface area contributed by atoms with Crippen LogP contribution in [0.2, 0.25) is 0 Å². The predicted octanol–water partition coefficient (Wildman–Crippen LogP) is 4.75. The molecule has 1 fully saturated rings. The highest BCUT2D eigenvalue weighted by Gasteiger charge is 2.37. The van der Waals surface area contributed by atoms with Crippen LogP contribution < -0.4 is 4.74 Å². The Kier molecular flexibility index (Phi) is 3.62. The number of rotatable bonds is 4. The maximum absolute atomic E-state index is 5.62. The number of hydrogen-bond donors (Lipinski definition) is 0. The van der Waals surface area contributed by atoms with Gasteiger partial charge < -0.3 is 11.2 Å². The lowest BCUT2D eigenvalue weighted by Crippen LogP contribution is -2.08. The number of benzene rings is 1. The molecule has 1 nitrogen and oxygen atoms in total. The van der Waals surface area contributed by atoms with E-state index in [2.05, 4.69) is 47.5 Å². The van der Waals surface area contributed by atoms with Crippen molar-refractivity contribution >= 4 is 22.0 Å². The number of methoxy groups -OCH3 is 1. The van der Waals surface area contributed by atoms with Crippen LogP contribution in [0.5, 0.6) is 5.75 Å². The van der Waals surface area contributed by atoms with Crippen molar-refractivity contribution in [3.63, 3.8) is 0 Å². The molecule has 0 spiro atoms. The fraction of sp³-hybridized carbons (Fsp3) is 0.400. The topological polar surface area (TPSA) is 9.23 Å². The largest absolute Gasteiger partial charge is 0.496 e. The molecule has 1 aliphatic rings. The maximum Gasteiger partial charge on any atom is 0.127 e. The monoisotopic (exact) mass is 293 g/mol. The van der Waals surface area contributed by atoms with Gasteiger partial charge in [-0.3, -0.25) is 0 Å². The Morgan fingerprint density at radius 3 is 2.59 bits per heavy atom. The van der Waals surface area contributed by atoms with E-state index in [1.165, 1.54) is 18.4 Å². The van der Waals surface area contributed by atoms with Gasteiger partial charge in [0.1, 0.15) is 5.75 Å². The number of hydrogen-bond acceptors (Lipinski definition) is 1. The first kappa shape index (κ1) is 12.7. The quantitative estimate of drug-likeness (QED) is 0.728.